The van der Waals surface area contributed by atoms with Gasteiger partial charge in [-0.05, 0) is 56.6 Å². The Morgan fingerprint density at radius 3 is 2.67 bits per heavy atom. The summed E-state index contributed by atoms with van der Waals surface area (Å²) in [6.45, 7) is 5.71. The molecule has 0 saturated carbocycles. The first-order valence-electron chi connectivity index (χ1n) is 13.7. The number of aromatic amines is 1. The summed E-state index contributed by atoms with van der Waals surface area (Å²) in [6.07, 6.45) is 2.30. The van der Waals surface area contributed by atoms with Gasteiger partial charge in [-0.1, -0.05) is 30.3 Å². The van der Waals surface area contributed by atoms with Gasteiger partial charge in [0.05, 0.1) is 18.2 Å². The molecule has 2 aliphatic rings. The van der Waals surface area contributed by atoms with E-state index in [-0.39, 0.29) is 35.6 Å². The fourth-order valence-corrected chi connectivity index (χ4v) is 6.25. The zero-order valence-electron chi connectivity index (χ0n) is 23.0. The van der Waals surface area contributed by atoms with E-state index >= 15 is 0 Å². The Kier molecular flexibility index (Phi) is 8.02. The molecule has 208 valence electrons. The lowest BCUT2D eigenvalue weighted by Crippen LogP contribution is -2.58. The highest BCUT2D eigenvalue weighted by Crippen LogP contribution is 2.44. The topological polar surface area (TPSA) is 89.7 Å². The highest BCUT2D eigenvalue weighted by molar-refractivity contribution is 5.91. The van der Waals surface area contributed by atoms with Crippen LogP contribution in [0, 0.1) is 5.82 Å². The van der Waals surface area contributed by atoms with Gasteiger partial charge in [-0.15, -0.1) is 0 Å². The molecule has 2 saturated heterocycles. The fourth-order valence-electron chi connectivity index (χ4n) is 6.25. The number of H-pyrrole nitrogens is 1. The minimum atomic E-state index is -0.807. The molecule has 8 nitrogen and oxygen atoms in total. The number of likely N-dealkylation sites (N-methyl/N-ethyl adjacent to an activating group) is 1. The van der Waals surface area contributed by atoms with Crippen molar-refractivity contribution < 1.29 is 18.7 Å². The van der Waals surface area contributed by atoms with E-state index in [2.05, 4.69) is 32.7 Å². The van der Waals surface area contributed by atoms with Crippen LogP contribution in [-0.2, 0) is 20.9 Å². The van der Waals surface area contributed by atoms with Crippen molar-refractivity contribution in [1.29, 1.82) is 0 Å². The second kappa shape index (κ2) is 11.5. The van der Waals surface area contributed by atoms with Crippen LogP contribution in [-0.4, -0.2) is 84.1 Å². The van der Waals surface area contributed by atoms with Crippen LogP contribution in [0.2, 0.25) is 0 Å². The van der Waals surface area contributed by atoms with Gasteiger partial charge < -0.3 is 25.3 Å². The normalized spacial score (nSPS) is 23.5. The molecule has 0 spiro atoms. The lowest BCUT2D eigenvalue weighted by molar-refractivity contribution is -0.141. The Hall–Kier alpha value is -3.27. The number of methoxy groups -OCH3 is 1. The molecule has 0 radical (unpaired) electrons. The van der Waals surface area contributed by atoms with Crippen LogP contribution in [0.1, 0.15) is 37.3 Å². The molecule has 6 atom stereocenters. The molecule has 1 aromatic heterocycles. The van der Waals surface area contributed by atoms with Crippen molar-refractivity contribution in [1.82, 2.24) is 25.4 Å². The van der Waals surface area contributed by atoms with Gasteiger partial charge in [0.1, 0.15) is 11.9 Å². The monoisotopic (exact) mass is 535 g/mol. The van der Waals surface area contributed by atoms with Gasteiger partial charge in [0, 0.05) is 55.8 Å². The maximum absolute atomic E-state index is 14.2. The maximum atomic E-state index is 14.2. The Morgan fingerprint density at radius 2 is 1.95 bits per heavy atom. The number of halogens is 1. The summed E-state index contributed by atoms with van der Waals surface area (Å²) in [5.74, 6) is -0.643. The van der Waals surface area contributed by atoms with Crippen LogP contribution in [0.5, 0.6) is 0 Å². The average Bonchev–Trinajstić information content (AvgIpc) is 3.65. The van der Waals surface area contributed by atoms with Gasteiger partial charge in [-0.3, -0.25) is 14.5 Å². The second-order valence-corrected chi connectivity index (χ2v) is 10.8. The third-order valence-electron chi connectivity index (χ3n) is 8.55. The molecule has 9 heteroatoms. The SMILES string of the molecule is CNC(C)C(=O)NC(C(=O)N1CCC2C1C(c1c[nH]c3cc(F)ccc13)CN2Cc1ccccc1)C(C)OC. The first-order valence-corrected chi connectivity index (χ1v) is 13.7. The van der Waals surface area contributed by atoms with Gasteiger partial charge in [-0.2, -0.15) is 0 Å². The highest BCUT2D eigenvalue weighted by atomic mass is 19.1. The van der Waals surface area contributed by atoms with Gasteiger partial charge in [0.25, 0.3) is 0 Å². The Labute approximate surface area is 228 Å². The third-order valence-corrected chi connectivity index (χ3v) is 8.55. The maximum Gasteiger partial charge on any atom is 0.248 e. The zero-order chi connectivity index (χ0) is 27.7. The predicted octanol–water partition coefficient (Wildman–Crippen LogP) is 3.00. The van der Waals surface area contributed by atoms with Gasteiger partial charge >= 0.3 is 0 Å². The Bertz CT molecular complexity index is 1310. The number of benzene rings is 2. The van der Waals surface area contributed by atoms with Crippen LogP contribution in [0.4, 0.5) is 4.39 Å². The predicted molar refractivity (Wildman–Crippen MR) is 149 cm³/mol. The van der Waals surface area contributed by atoms with E-state index in [0.717, 1.165) is 36.0 Å². The Balaban J connectivity index is 1.49. The van der Waals surface area contributed by atoms with Crippen molar-refractivity contribution in [3.8, 4) is 0 Å². The molecule has 0 bridgehead atoms. The van der Waals surface area contributed by atoms with Gasteiger partial charge in [0.2, 0.25) is 11.8 Å². The van der Waals surface area contributed by atoms with E-state index < -0.39 is 18.2 Å². The number of likely N-dealkylation sites (tertiary alicyclic amines) is 2. The number of nitrogens with one attached hydrogen (secondary N) is 3. The summed E-state index contributed by atoms with van der Waals surface area (Å²) in [7, 11) is 3.26. The van der Waals surface area contributed by atoms with E-state index in [9.17, 15) is 14.0 Å². The van der Waals surface area contributed by atoms with Crippen molar-refractivity contribution in [3.63, 3.8) is 0 Å². The number of fused-ring (bicyclic) bond motifs is 2. The molecular weight excluding hydrogens is 497 g/mol. The number of rotatable bonds is 9. The van der Waals surface area contributed by atoms with E-state index in [4.69, 9.17) is 4.74 Å². The molecule has 2 aliphatic heterocycles. The number of carbonyl (C=O) groups is 2. The van der Waals surface area contributed by atoms with Crippen LogP contribution in [0.25, 0.3) is 10.9 Å². The highest BCUT2D eigenvalue weighted by Gasteiger charge is 2.52. The average molecular weight is 536 g/mol. The van der Waals surface area contributed by atoms with E-state index in [0.29, 0.717) is 6.54 Å². The molecule has 0 aliphatic carbocycles. The Morgan fingerprint density at radius 1 is 1.18 bits per heavy atom. The third kappa shape index (κ3) is 5.31. The summed E-state index contributed by atoms with van der Waals surface area (Å²) >= 11 is 0. The lowest BCUT2D eigenvalue weighted by Gasteiger charge is -2.34. The number of hydrogen-bond acceptors (Lipinski definition) is 5. The zero-order valence-corrected chi connectivity index (χ0v) is 23.0. The summed E-state index contributed by atoms with van der Waals surface area (Å²) in [6, 6.07) is 14.0. The summed E-state index contributed by atoms with van der Waals surface area (Å²) in [5.41, 5.74) is 3.06. The molecule has 5 rings (SSSR count). The quantitative estimate of drug-likeness (QED) is 0.392. The minimum Gasteiger partial charge on any atom is -0.379 e. The molecule has 2 fully saturated rings. The minimum absolute atomic E-state index is 0.0230. The van der Waals surface area contributed by atoms with Gasteiger partial charge in [0.15, 0.2) is 0 Å². The van der Waals surface area contributed by atoms with Crippen molar-refractivity contribution in [2.75, 3.05) is 27.2 Å². The van der Waals surface area contributed by atoms with Crippen LogP contribution >= 0.6 is 0 Å². The molecule has 3 N–H and O–H groups in total. The molecule has 2 amide bonds. The number of nitrogens with zero attached hydrogens (tertiary/aromatic N) is 2. The van der Waals surface area contributed by atoms with E-state index in [1.165, 1.54) is 17.7 Å². The number of amides is 2. The summed E-state index contributed by atoms with van der Waals surface area (Å²) in [5, 5.41) is 6.84. The number of hydrogen-bond donors (Lipinski definition) is 3. The number of carbonyl (C=O) groups excluding carboxylic acids is 2. The molecular formula is C30H38FN5O3. The first kappa shape index (κ1) is 27.3. The molecule has 39 heavy (non-hydrogen) atoms. The molecule has 3 aromatic rings. The number of aromatic nitrogens is 1. The molecule has 2 aromatic carbocycles. The lowest BCUT2D eigenvalue weighted by atomic mass is 9.91. The summed E-state index contributed by atoms with van der Waals surface area (Å²) in [4.78, 5) is 34.6. The van der Waals surface area contributed by atoms with Crippen molar-refractivity contribution >= 4 is 22.7 Å². The second-order valence-electron chi connectivity index (χ2n) is 10.8. The molecule has 3 heterocycles. The van der Waals surface area contributed by atoms with Crippen molar-refractivity contribution in [3.05, 3.63) is 71.7 Å². The van der Waals surface area contributed by atoms with Gasteiger partial charge in [-0.25, -0.2) is 4.39 Å². The van der Waals surface area contributed by atoms with Crippen LogP contribution < -0.4 is 10.6 Å². The largest absolute Gasteiger partial charge is 0.379 e. The number of ether oxygens (including phenoxy) is 1. The van der Waals surface area contributed by atoms with Crippen molar-refractivity contribution in [2.24, 2.45) is 0 Å². The van der Waals surface area contributed by atoms with Crippen LogP contribution in [0.15, 0.2) is 54.7 Å². The summed E-state index contributed by atoms with van der Waals surface area (Å²) < 4.78 is 19.5. The standard InChI is InChI=1S/C30H38FN5O3/c1-18(32-3)29(37)34-27(19(2)39-4)30(38)36-13-12-26-28(36)24(17-35(26)16-20-8-6-5-7-9-20)23-15-33-25-14-21(31)10-11-22(23)25/h5-11,14-15,18-19,24,26-28,32-33H,12-13,16-17H2,1-4H3,(H,34,37). The molecule has 6 unspecified atom stereocenters. The van der Waals surface area contributed by atoms with E-state index in [1.807, 2.05) is 42.3 Å². The van der Waals surface area contributed by atoms with Crippen LogP contribution in [0.3, 0.4) is 0 Å². The first-order chi connectivity index (χ1) is 18.8. The van der Waals surface area contributed by atoms with Crippen molar-refractivity contribution in [2.45, 2.75) is 63.0 Å². The fraction of sp³-hybridized carbons (Fsp3) is 0.467. The smallest absolute Gasteiger partial charge is 0.248 e. The van der Waals surface area contributed by atoms with E-state index in [1.54, 1.807) is 21.1 Å².